The molecule has 1 aliphatic carbocycles. The third kappa shape index (κ3) is 5.23. The summed E-state index contributed by atoms with van der Waals surface area (Å²) in [6, 6.07) is 0.786. The van der Waals surface area contributed by atoms with E-state index in [0.29, 0.717) is 0 Å². The van der Waals surface area contributed by atoms with Crippen LogP contribution >= 0.6 is 11.8 Å². The minimum atomic E-state index is 0.786. The highest BCUT2D eigenvalue weighted by atomic mass is 32.2. The van der Waals surface area contributed by atoms with Crippen molar-refractivity contribution in [1.29, 1.82) is 0 Å². The fourth-order valence-electron chi connectivity index (χ4n) is 3.84. The van der Waals surface area contributed by atoms with Crippen molar-refractivity contribution in [3.8, 4) is 0 Å². The Morgan fingerprint density at radius 3 is 2.85 bits per heavy atom. The van der Waals surface area contributed by atoms with Crippen molar-refractivity contribution >= 4 is 11.8 Å². The van der Waals surface area contributed by atoms with Gasteiger partial charge >= 0.3 is 0 Å². The molecule has 1 saturated carbocycles. The van der Waals surface area contributed by atoms with Gasteiger partial charge in [0.05, 0.1) is 0 Å². The molecule has 0 aromatic carbocycles. The van der Waals surface area contributed by atoms with E-state index in [0.717, 1.165) is 17.9 Å². The van der Waals surface area contributed by atoms with E-state index in [1.165, 1.54) is 76.2 Å². The largest absolute Gasteiger partial charge is 0.314 e. The van der Waals surface area contributed by atoms with Crippen molar-refractivity contribution in [2.75, 3.05) is 37.7 Å². The molecule has 1 saturated heterocycles. The summed E-state index contributed by atoms with van der Waals surface area (Å²) in [5.74, 6) is 4.59. The highest BCUT2D eigenvalue weighted by Gasteiger charge is 2.30. The maximum absolute atomic E-state index is 3.84. The first-order valence-corrected chi connectivity index (χ1v) is 10.0. The van der Waals surface area contributed by atoms with Crippen LogP contribution in [0.25, 0.3) is 0 Å². The van der Waals surface area contributed by atoms with Crippen LogP contribution < -0.4 is 5.32 Å². The molecule has 20 heavy (non-hydrogen) atoms. The van der Waals surface area contributed by atoms with Crippen molar-refractivity contribution in [3.05, 3.63) is 0 Å². The van der Waals surface area contributed by atoms with Gasteiger partial charge in [-0.2, -0.15) is 11.8 Å². The van der Waals surface area contributed by atoms with Crippen LogP contribution in [0.1, 0.15) is 52.4 Å². The van der Waals surface area contributed by atoms with Gasteiger partial charge in [0.1, 0.15) is 0 Å². The summed E-state index contributed by atoms with van der Waals surface area (Å²) >= 11 is 2.14. The van der Waals surface area contributed by atoms with Crippen LogP contribution in [0.4, 0.5) is 0 Å². The summed E-state index contributed by atoms with van der Waals surface area (Å²) in [4.78, 5) is 2.75. The van der Waals surface area contributed by atoms with Crippen LogP contribution in [-0.2, 0) is 0 Å². The zero-order valence-corrected chi connectivity index (χ0v) is 14.4. The first kappa shape index (κ1) is 16.6. The van der Waals surface area contributed by atoms with Crippen molar-refractivity contribution < 1.29 is 0 Å². The fraction of sp³-hybridized carbons (Fsp3) is 1.00. The molecule has 2 fully saturated rings. The topological polar surface area (TPSA) is 15.3 Å². The van der Waals surface area contributed by atoms with Gasteiger partial charge in [0.15, 0.2) is 0 Å². The average Bonchev–Trinajstić information content (AvgIpc) is 2.74. The molecule has 1 heterocycles. The molecule has 0 amide bonds. The molecule has 0 radical (unpaired) electrons. The highest BCUT2D eigenvalue weighted by molar-refractivity contribution is 7.99. The number of hydrogen-bond donors (Lipinski definition) is 1. The summed E-state index contributed by atoms with van der Waals surface area (Å²) in [5.41, 5.74) is 0. The molecule has 0 bridgehead atoms. The van der Waals surface area contributed by atoms with E-state index in [-0.39, 0.29) is 0 Å². The smallest absolute Gasteiger partial charge is 0.0108 e. The molecule has 2 aliphatic rings. The molecule has 3 heteroatoms. The molecule has 118 valence electrons. The van der Waals surface area contributed by atoms with E-state index in [1.54, 1.807) is 0 Å². The Hall–Kier alpha value is 0.270. The minimum absolute atomic E-state index is 0.786. The lowest BCUT2D eigenvalue weighted by Crippen LogP contribution is -2.46. The molecule has 3 atom stereocenters. The standard InChI is InChI=1S/C17H34N2S/c1-3-8-18-17-7-6-15(4-2)13-16(17)14-19-9-5-11-20-12-10-19/h15-18H,3-14H2,1-2H3. The number of thioether (sulfide) groups is 1. The molecule has 0 aromatic rings. The number of rotatable bonds is 6. The quantitative estimate of drug-likeness (QED) is 0.806. The summed E-state index contributed by atoms with van der Waals surface area (Å²) in [6.07, 6.45) is 8.35. The lowest BCUT2D eigenvalue weighted by molar-refractivity contribution is 0.142. The van der Waals surface area contributed by atoms with Gasteiger partial charge in [-0.3, -0.25) is 0 Å². The minimum Gasteiger partial charge on any atom is -0.314 e. The Labute approximate surface area is 130 Å². The predicted molar refractivity (Wildman–Crippen MR) is 91.6 cm³/mol. The zero-order valence-electron chi connectivity index (χ0n) is 13.6. The fourth-order valence-corrected chi connectivity index (χ4v) is 4.77. The predicted octanol–water partition coefficient (Wildman–Crippen LogP) is 3.62. The summed E-state index contributed by atoms with van der Waals surface area (Å²) < 4.78 is 0. The van der Waals surface area contributed by atoms with Gasteiger partial charge in [-0.15, -0.1) is 0 Å². The van der Waals surface area contributed by atoms with E-state index >= 15 is 0 Å². The molecule has 1 N–H and O–H groups in total. The zero-order chi connectivity index (χ0) is 14.2. The maximum Gasteiger partial charge on any atom is 0.0108 e. The highest BCUT2D eigenvalue weighted by Crippen LogP contribution is 2.32. The van der Waals surface area contributed by atoms with Gasteiger partial charge in [0.2, 0.25) is 0 Å². The number of nitrogens with zero attached hydrogens (tertiary/aromatic N) is 1. The Morgan fingerprint density at radius 2 is 2.05 bits per heavy atom. The lowest BCUT2D eigenvalue weighted by atomic mass is 9.76. The van der Waals surface area contributed by atoms with E-state index < -0.39 is 0 Å². The average molecular weight is 299 g/mol. The van der Waals surface area contributed by atoms with E-state index in [2.05, 4.69) is 35.8 Å². The van der Waals surface area contributed by atoms with Gasteiger partial charge < -0.3 is 10.2 Å². The second-order valence-electron chi connectivity index (χ2n) is 6.67. The second-order valence-corrected chi connectivity index (χ2v) is 7.90. The second kappa shape index (κ2) is 9.32. The van der Waals surface area contributed by atoms with Crippen LogP contribution in [0.2, 0.25) is 0 Å². The molecule has 2 nitrogen and oxygen atoms in total. The summed E-state index contributed by atoms with van der Waals surface area (Å²) in [7, 11) is 0. The normalized spacial score (nSPS) is 33.0. The molecule has 0 aromatic heterocycles. The molecule has 3 unspecified atom stereocenters. The number of nitrogens with one attached hydrogen (secondary N) is 1. The molecular weight excluding hydrogens is 264 g/mol. The molecule has 2 rings (SSSR count). The Bertz CT molecular complexity index is 251. The molecule has 0 spiro atoms. The van der Waals surface area contributed by atoms with Crippen LogP contribution in [0.15, 0.2) is 0 Å². The summed E-state index contributed by atoms with van der Waals surface area (Å²) in [5, 5.41) is 3.84. The van der Waals surface area contributed by atoms with Gasteiger partial charge in [-0.1, -0.05) is 20.3 Å². The van der Waals surface area contributed by atoms with Crippen molar-refractivity contribution in [2.24, 2.45) is 11.8 Å². The molecular formula is C17H34N2S. The Balaban J connectivity index is 1.87. The SMILES string of the molecule is CCCNC1CCC(CC)CC1CN1CCCSCC1. The summed E-state index contributed by atoms with van der Waals surface area (Å²) in [6.45, 7) is 9.86. The van der Waals surface area contributed by atoms with Crippen LogP contribution in [-0.4, -0.2) is 48.6 Å². The maximum atomic E-state index is 3.84. The van der Waals surface area contributed by atoms with Crippen LogP contribution in [0.5, 0.6) is 0 Å². The van der Waals surface area contributed by atoms with Crippen LogP contribution in [0.3, 0.4) is 0 Å². The lowest BCUT2D eigenvalue weighted by Gasteiger charge is -2.39. The first-order chi connectivity index (χ1) is 9.83. The third-order valence-electron chi connectivity index (χ3n) is 5.13. The van der Waals surface area contributed by atoms with E-state index in [1.807, 2.05) is 0 Å². The van der Waals surface area contributed by atoms with E-state index in [4.69, 9.17) is 0 Å². The van der Waals surface area contributed by atoms with Crippen LogP contribution in [0, 0.1) is 11.8 Å². The Morgan fingerprint density at radius 1 is 1.15 bits per heavy atom. The monoisotopic (exact) mass is 298 g/mol. The van der Waals surface area contributed by atoms with E-state index in [9.17, 15) is 0 Å². The van der Waals surface area contributed by atoms with Crippen molar-refractivity contribution in [2.45, 2.75) is 58.4 Å². The van der Waals surface area contributed by atoms with Gasteiger partial charge in [0.25, 0.3) is 0 Å². The van der Waals surface area contributed by atoms with Gasteiger partial charge in [-0.25, -0.2) is 0 Å². The third-order valence-corrected chi connectivity index (χ3v) is 6.18. The van der Waals surface area contributed by atoms with Crippen molar-refractivity contribution in [3.63, 3.8) is 0 Å². The number of hydrogen-bond acceptors (Lipinski definition) is 3. The van der Waals surface area contributed by atoms with Crippen molar-refractivity contribution in [1.82, 2.24) is 10.2 Å². The molecule has 1 aliphatic heterocycles. The van der Waals surface area contributed by atoms with Gasteiger partial charge in [0, 0.05) is 24.9 Å². The first-order valence-electron chi connectivity index (χ1n) is 8.87. The Kier molecular flexibility index (Phi) is 7.75. The van der Waals surface area contributed by atoms with Gasteiger partial charge in [-0.05, 0) is 62.8 Å².